The van der Waals surface area contributed by atoms with Gasteiger partial charge in [-0.15, -0.1) is 0 Å². The number of benzene rings is 2. The predicted octanol–water partition coefficient (Wildman–Crippen LogP) is 3.26. The van der Waals surface area contributed by atoms with Crippen LogP contribution in [0.4, 0.5) is 5.69 Å². The number of carbonyl (C=O) groups excluding carboxylic acids is 1. The minimum atomic E-state index is -0.0853. The van der Waals surface area contributed by atoms with E-state index in [4.69, 9.17) is 9.47 Å². The van der Waals surface area contributed by atoms with Crippen LogP contribution in [0.5, 0.6) is 11.5 Å². The number of fused-ring (bicyclic) bond motifs is 1. The molecule has 114 valence electrons. The van der Waals surface area contributed by atoms with Crippen molar-refractivity contribution in [2.24, 2.45) is 5.92 Å². The van der Waals surface area contributed by atoms with Crippen molar-refractivity contribution in [3.8, 4) is 11.5 Å². The lowest BCUT2D eigenvalue weighted by atomic mass is 10.00. The lowest BCUT2D eigenvalue weighted by Gasteiger charge is -2.22. The zero-order valence-electron chi connectivity index (χ0n) is 12.8. The Kier molecular flexibility index (Phi) is 4.00. The van der Waals surface area contributed by atoms with E-state index >= 15 is 0 Å². The second kappa shape index (κ2) is 6.10. The summed E-state index contributed by atoms with van der Waals surface area (Å²) in [6.07, 6.45) is 0.731. The summed E-state index contributed by atoms with van der Waals surface area (Å²) < 4.78 is 10.7. The van der Waals surface area contributed by atoms with Crippen molar-refractivity contribution in [3.05, 3.63) is 54.1 Å². The number of ether oxygens (including phenoxy) is 2. The lowest BCUT2D eigenvalue weighted by Crippen LogP contribution is -2.32. The maximum atomic E-state index is 12.6. The monoisotopic (exact) mass is 297 g/mol. The van der Waals surface area contributed by atoms with E-state index in [2.05, 4.69) is 0 Å². The number of rotatable bonds is 4. The highest BCUT2D eigenvalue weighted by Crippen LogP contribution is 2.35. The Bertz CT molecular complexity index is 669. The zero-order valence-corrected chi connectivity index (χ0v) is 12.8. The first-order chi connectivity index (χ1) is 10.6. The van der Waals surface area contributed by atoms with Gasteiger partial charge in [-0.1, -0.05) is 37.3 Å². The molecule has 1 aliphatic rings. The lowest BCUT2D eigenvalue weighted by molar-refractivity contribution is -0.121. The minimum Gasteiger partial charge on any atom is -0.454 e. The molecule has 4 nitrogen and oxygen atoms in total. The Morgan fingerprint density at radius 1 is 1.14 bits per heavy atom. The van der Waals surface area contributed by atoms with Crippen LogP contribution >= 0.6 is 0 Å². The highest BCUT2D eigenvalue weighted by molar-refractivity contribution is 5.94. The van der Waals surface area contributed by atoms with Crippen molar-refractivity contribution in [2.45, 2.75) is 13.3 Å². The second-order valence-corrected chi connectivity index (χ2v) is 5.53. The van der Waals surface area contributed by atoms with Crippen LogP contribution in [0.1, 0.15) is 12.5 Å². The molecule has 3 rings (SSSR count). The van der Waals surface area contributed by atoms with Crippen LogP contribution in [-0.4, -0.2) is 19.7 Å². The van der Waals surface area contributed by atoms with E-state index in [1.165, 1.54) is 5.56 Å². The topological polar surface area (TPSA) is 38.8 Å². The predicted molar refractivity (Wildman–Crippen MR) is 85.3 cm³/mol. The first-order valence-electron chi connectivity index (χ1n) is 7.36. The molecule has 0 fully saturated rings. The van der Waals surface area contributed by atoms with Crippen LogP contribution in [-0.2, 0) is 11.2 Å². The second-order valence-electron chi connectivity index (χ2n) is 5.53. The maximum absolute atomic E-state index is 12.6. The molecule has 0 saturated carbocycles. The zero-order chi connectivity index (χ0) is 15.5. The number of amides is 1. The molecule has 0 N–H and O–H groups in total. The fraction of sp³-hybridized carbons (Fsp3) is 0.278. The molecule has 4 heteroatoms. The highest BCUT2D eigenvalue weighted by atomic mass is 16.7. The van der Waals surface area contributed by atoms with E-state index in [0.717, 1.165) is 17.9 Å². The summed E-state index contributed by atoms with van der Waals surface area (Å²) in [7, 11) is 1.79. The first-order valence-corrected chi connectivity index (χ1v) is 7.36. The first kappa shape index (κ1) is 14.4. The van der Waals surface area contributed by atoms with Crippen molar-refractivity contribution in [1.82, 2.24) is 0 Å². The standard InChI is InChI=1S/C18H19NO3/c1-13(10-14-6-4-3-5-7-14)18(20)19(2)15-8-9-16-17(11-15)22-12-21-16/h3-9,11,13H,10,12H2,1-2H3/t13-/m0/s1. The molecule has 2 aromatic carbocycles. The molecule has 0 aliphatic carbocycles. The molecular weight excluding hydrogens is 278 g/mol. The van der Waals surface area contributed by atoms with Gasteiger partial charge in [0.05, 0.1) is 0 Å². The third-order valence-corrected chi connectivity index (χ3v) is 3.88. The van der Waals surface area contributed by atoms with Crippen LogP contribution in [0.3, 0.4) is 0 Å². The van der Waals surface area contributed by atoms with Gasteiger partial charge in [0.2, 0.25) is 12.7 Å². The van der Waals surface area contributed by atoms with Gasteiger partial charge in [-0.3, -0.25) is 4.79 Å². The van der Waals surface area contributed by atoms with Crippen molar-refractivity contribution < 1.29 is 14.3 Å². The molecule has 0 aromatic heterocycles. The van der Waals surface area contributed by atoms with Crippen LogP contribution in [0.15, 0.2) is 48.5 Å². The smallest absolute Gasteiger partial charge is 0.231 e. The summed E-state index contributed by atoms with van der Waals surface area (Å²) in [6.45, 7) is 2.19. The van der Waals surface area contributed by atoms with E-state index in [0.29, 0.717) is 5.75 Å². The SMILES string of the molecule is C[C@@H](Cc1ccccc1)C(=O)N(C)c1ccc2c(c1)OCO2. The van der Waals surface area contributed by atoms with Crippen LogP contribution in [0.25, 0.3) is 0 Å². The van der Waals surface area contributed by atoms with E-state index in [1.807, 2.05) is 55.5 Å². The number of carbonyl (C=O) groups is 1. The molecule has 0 saturated heterocycles. The molecule has 2 aromatic rings. The largest absolute Gasteiger partial charge is 0.454 e. The normalized spacial score (nSPS) is 13.7. The van der Waals surface area contributed by atoms with Gasteiger partial charge in [0.1, 0.15) is 0 Å². The van der Waals surface area contributed by atoms with Crippen molar-refractivity contribution >= 4 is 11.6 Å². The molecule has 1 atom stereocenters. The molecule has 0 spiro atoms. The fourth-order valence-electron chi connectivity index (χ4n) is 2.61. The number of nitrogens with zero attached hydrogens (tertiary/aromatic N) is 1. The van der Waals surface area contributed by atoms with Crippen LogP contribution in [0.2, 0.25) is 0 Å². The quantitative estimate of drug-likeness (QED) is 0.869. The molecule has 0 bridgehead atoms. The molecule has 1 aliphatic heterocycles. The van der Waals surface area contributed by atoms with Gasteiger partial charge in [-0.05, 0) is 24.1 Å². The van der Waals surface area contributed by atoms with Crippen molar-refractivity contribution in [2.75, 3.05) is 18.7 Å². The van der Waals surface area contributed by atoms with E-state index in [-0.39, 0.29) is 18.6 Å². The third-order valence-electron chi connectivity index (χ3n) is 3.88. The number of anilines is 1. The number of hydrogen-bond donors (Lipinski definition) is 0. The van der Waals surface area contributed by atoms with Crippen molar-refractivity contribution in [3.63, 3.8) is 0 Å². The van der Waals surface area contributed by atoms with Gasteiger partial charge in [-0.2, -0.15) is 0 Å². The van der Waals surface area contributed by atoms with Gasteiger partial charge in [0.15, 0.2) is 11.5 Å². The number of hydrogen-bond acceptors (Lipinski definition) is 3. The highest BCUT2D eigenvalue weighted by Gasteiger charge is 2.21. The Morgan fingerprint density at radius 2 is 1.86 bits per heavy atom. The maximum Gasteiger partial charge on any atom is 0.231 e. The van der Waals surface area contributed by atoms with E-state index in [9.17, 15) is 4.79 Å². The van der Waals surface area contributed by atoms with Gasteiger partial charge in [0, 0.05) is 24.7 Å². The summed E-state index contributed by atoms with van der Waals surface area (Å²) in [5, 5.41) is 0. The third kappa shape index (κ3) is 2.91. The molecule has 1 heterocycles. The van der Waals surface area contributed by atoms with Crippen LogP contribution in [0, 0.1) is 5.92 Å². The molecule has 0 radical (unpaired) electrons. The Balaban J connectivity index is 1.71. The Hall–Kier alpha value is -2.49. The average molecular weight is 297 g/mol. The summed E-state index contributed by atoms with van der Waals surface area (Å²) >= 11 is 0. The van der Waals surface area contributed by atoms with Gasteiger partial charge < -0.3 is 14.4 Å². The molecule has 1 amide bonds. The Labute approximate surface area is 130 Å². The molecular formula is C18H19NO3. The summed E-state index contributed by atoms with van der Waals surface area (Å²) in [6, 6.07) is 15.6. The fourth-order valence-corrected chi connectivity index (χ4v) is 2.61. The van der Waals surface area contributed by atoms with Crippen LogP contribution < -0.4 is 14.4 Å². The average Bonchev–Trinajstić information content (AvgIpc) is 3.02. The van der Waals surface area contributed by atoms with E-state index < -0.39 is 0 Å². The van der Waals surface area contributed by atoms with Gasteiger partial charge in [0.25, 0.3) is 0 Å². The minimum absolute atomic E-state index is 0.0853. The molecule has 0 unspecified atom stereocenters. The van der Waals surface area contributed by atoms with Gasteiger partial charge in [-0.25, -0.2) is 0 Å². The Morgan fingerprint density at radius 3 is 2.64 bits per heavy atom. The van der Waals surface area contributed by atoms with Gasteiger partial charge >= 0.3 is 0 Å². The summed E-state index contributed by atoms with van der Waals surface area (Å²) in [5.41, 5.74) is 1.98. The van der Waals surface area contributed by atoms with Crippen molar-refractivity contribution in [1.29, 1.82) is 0 Å². The van der Waals surface area contributed by atoms with E-state index in [1.54, 1.807) is 11.9 Å². The summed E-state index contributed by atoms with van der Waals surface area (Å²) in [5.74, 6) is 1.41. The summed E-state index contributed by atoms with van der Waals surface area (Å²) in [4.78, 5) is 14.3. The molecule has 22 heavy (non-hydrogen) atoms.